The van der Waals surface area contributed by atoms with Crippen LogP contribution in [0.15, 0.2) is 48.5 Å². The van der Waals surface area contributed by atoms with Crippen LogP contribution in [0.4, 0.5) is 24.5 Å². The largest absolute Gasteiger partial charge is 0.495 e. The van der Waals surface area contributed by atoms with Crippen LogP contribution in [0, 0.1) is 0 Å². The van der Waals surface area contributed by atoms with Gasteiger partial charge in [0.15, 0.2) is 0 Å². The van der Waals surface area contributed by atoms with E-state index in [2.05, 4.69) is 10.6 Å². The molecule has 0 aliphatic heterocycles. The van der Waals surface area contributed by atoms with E-state index in [1.165, 1.54) is 32.2 Å². The van der Waals surface area contributed by atoms with Crippen LogP contribution in [0.25, 0.3) is 0 Å². The average Bonchev–Trinajstić information content (AvgIpc) is 2.66. The molecule has 0 aliphatic rings. The van der Waals surface area contributed by atoms with Gasteiger partial charge in [0.2, 0.25) is 11.8 Å². The number of carbonyl (C=O) groups is 2. The first-order valence-corrected chi connectivity index (χ1v) is 9.28. The summed E-state index contributed by atoms with van der Waals surface area (Å²) in [4.78, 5) is 24.3. The molecule has 9 heteroatoms. The Hall–Kier alpha value is -2.68. The van der Waals surface area contributed by atoms with Gasteiger partial charge >= 0.3 is 6.18 Å². The van der Waals surface area contributed by atoms with Crippen molar-refractivity contribution >= 4 is 35.0 Å². The highest BCUT2D eigenvalue weighted by atomic mass is 32.2. The van der Waals surface area contributed by atoms with Gasteiger partial charge in [-0.1, -0.05) is 24.3 Å². The third-order valence-corrected chi connectivity index (χ3v) is 4.85. The Morgan fingerprint density at radius 1 is 1.04 bits per heavy atom. The van der Waals surface area contributed by atoms with Crippen molar-refractivity contribution in [1.29, 1.82) is 0 Å². The summed E-state index contributed by atoms with van der Waals surface area (Å²) in [5.41, 5.74) is -0.743. The van der Waals surface area contributed by atoms with E-state index in [-0.39, 0.29) is 17.3 Å². The standard InChI is InChI=1S/C19H19F3N2O3S/c1-12(18(26)24-14-8-4-3-7-13(14)19(20,21)22)28-11-17(25)23-15-9-5-6-10-16(15)27-2/h3-10,12H,11H2,1-2H3,(H,23,25)(H,24,26). The number of para-hydroxylation sites is 3. The first-order chi connectivity index (χ1) is 13.2. The fourth-order valence-corrected chi connectivity index (χ4v) is 2.97. The highest BCUT2D eigenvalue weighted by Crippen LogP contribution is 2.34. The van der Waals surface area contributed by atoms with E-state index in [1.807, 2.05) is 0 Å². The number of ether oxygens (including phenoxy) is 1. The molecule has 2 amide bonds. The number of hydrogen-bond acceptors (Lipinski definition) is 4. The Bertz CT molecular complexity index is 843. The quantitative estimate of drug-likeness (QED) is 0.707. The number of benzene rings is 2. The molecule has 28 heavy (non-hydrogen) atoms. The lowest BCUT2D eigenvalue weighted by atomic mass is 10.1. The molecule has 0 aromatic heterocycles. The molecule has 2 N–H and O–H groups in total. The summed E-state index contributed by atoms with van der Waals surface area (Å²) in [7, 11) is 1.48. The lowest BCUT2D eigenvalue weighted by molar-refractivity contribution is -0.137. The highest BCUT2D eigenvalue weighted by Gasteiger charge is 2.33. The van der Waals surface area contributed by atoms with Crippen molar-refractivity contribution in [3.05, 3.63) is 54.1 Å². The van der Waals surface area contributed by atoms with Gasteiger partial charge in [-0.2, -0.15) is 13.2 Å². The molecule has 0 spiro atoms. The number of methoxy groups -OCH3 is 1. The smallest absolute Gasteiger partial charge is 0.418 e. The lowest BCUT2D eigenvalue weighted by Gasteiger charge is -2.16. The summed E-state index contributed by atoms with van der Waals surface area (Å²) < 4.78 is 44.1. The van der Waals surface area contributed by atoms with Crippen molar-refractivity contribution in [3.8, 4) is 5.75 Å². The topological polar surface area (TPSA) is 67.4 Å². The predicted molar refractivity (Wildman–Crippen MR) is 104 cm³/mol. The average molecular weight is 412 g/mol. The Morgan fingerprint density at radius 2 is 1.64 bits per heavy atom. The fraction of sp³-hybridized carbons (Fsp3) is 0.263. The molecule has 2 rings (SSSR count). The maximum absolute atomic E-state index is 13.0. The second-order valence-electron chi connectivity index (χ2n) is 5.73. The zero-order chi connectivity index (χ0) is 20.7. The third-order valence-electron chi connectivity index (χ3n) is 3.71. The van der Waals surface area contributed by atoms with Crippen LogP contribution in [-0.2, 0) is 15.8 Å². The van der Waals surface area contributed by atoms with Crippen molar-refractivity contribution < 1.29 is 27.5 Å². The zero-order valence-electron chi connectivity index (χ0n) is 15.2. The number of halogens is 3. The van der Waals surface area contributed by atoms with Crippen molar-refractivity contribution in [1.82, 2.24) is 0 Å². The van der Waals surface area contributed by atoms with E-state index in [9.17, 15) is 22.8 Å². The molecule has 0 aliphatic carbocycles. The second-order valence-corrected chi connectivity index (χ2v) is 7.06. The van der Waals surface area contributed by atoms with Gasteiger partial charge in [0.1, 0.15) is 5.75 Å². The molecule has 0 heterocycles. The Balaban J connectivity index is 1.92. The van der Waals surface area contributed by atoms with Crippen LogP contribution in [0.1, 0.15) is 12.5 Å². The number of nitrogens with one attached hydrogen (secondary N) is 2. The molecular formula is C19H19F3N2O3S. The zero-order valence-corrected chi connectivity index (χ0v) is 16.0. The summed E-state index contributed by atoms with van der Waals surface area (Å²) in [6, 6.07) is 11.6. The van der Waals surface area contributed by atoms with Gasteiger partial charge < -0.3 is 15.4 Å². The summed E-state index contributed by atoms with van der Waals surface area (Å²) in [6.45, 7) is 1.52. The van der Waals surface area contributed by atoms with Crippen molar-refractivity contribution in [2.75, 3.05) is 23.5 Å². The van der Waals surface area contributed by atoms with Crippen LogP contribution >= 0.6 is 11.8 Å². The number of hydrogen-bond donors (Lipinski definition) is 2. The number of thioether (sulfide) groups is 1. The van der Waals surface area contributed by atoms with Crippen LogP contribution in [0.5, 0.6) is 5.75 Å². The molecule has 150 valence electrons. The molecular weight excluding hydrogens is 393 g/mol. The van der Waals surface area contributed by atoms with E-state index in [0.29, 0.717) is 11.4 Å². The number of amides is 2. The van der Waals surface area contributed by atoms with Gasteiger partial charge in [0, 0.05) is 0 Å². The van der Waals surface area contributed by atoms with Crippen molar-refractivity contribution in [2.24, 2.45) is 0 Å². The van der Waals surface area contributed by atoms with Crippen LogP contribution in [0.3, 0.4) is 0 Å². The van der Waals surface area contributed by atoms with E-state index < -0.39 is 22.9 Å². The van der Waals surface area contributed by atoms with Crippen molar-refractivity contribution in [3.63, 3.8) is 0 Å². The van der Waals surface area contributed by atoms with E-state index in [4.69, 9.17) is 4.74 Å². The maximum atomic E-state index is 13.0. The van der Waals surface area contributed by atoms with Gasteiger partial charge in [0.25, 0.3) is 0 Å². The van der Waals surface area contributed by atoms with Crippen LogP contribution in [0.2, 0.25) is 0 Å². The summed E-state index contributed by atoms with van der Waals surface area (Å²) >= 11 is 1.01. The van der Waals surface area contributed by atoms with Gasteiger partial charge in [-0.25, -0.2) is 0 Å². The van der Waals surface area contributed by atoms with Gasteiger partial charge in [-0.05, 0) is 31.2 Å². The number of alkyl halides is 3. The molecule has 5 nitrogen and oxygen atoms in total. The van der Waals surface area contributed by atoms with E-state index in [1.54, 1.807) is 24.3 Å². The molecule has 0 radical (unpaired) electrons. The normalized spacial score (nSPS) is 12.2. The number of rotatable bonds is 7. The molecule has 0 saturated heterocycles. The van der Waals surface area contributed by atoms with Gasteiger partial charge in [0.05, 0.1) is 35.1 Å². The van der Waals surface area contributed by atoms with Gasteiger partial charge in [-0.3, -0.25) is 9.59 Å². The Kier molecular flexibility index (Phi) is 7.33. The highest BCUT2D eigenvalue weighted by molar-refractivity contribution is 8.01. The maximum Gasteiger partial charge on any atom is 0.418 e. The molecule has 0 saturated carbocycles. The summed E-state index contributed by atoms with van der Waals surface area (Å²) in [6.07, 6.45) is -4.57. The lowest BCUT2D eigenvalue weighted by Crippen LogP contribution is -2.26. The van der Waals surface area contributed by atoms with E-state index in [0.717, 1.165) is 17.8 Å². The molecule has 0 bridgehead atoms. The SMILES string of the molecule is COc1ccccc1NC(=O)CSC(C)C(=O)Nc1ccccc1C(F)(F)F. The minimum atomic E-state index is -4.57. The second kappa shape index (κ2) is 9.50. The molecule has 0 fully saturated rings. The number of anilines is 2. The monoisotopic (exact) mass is 412 g/mol. The Morgan fingerprint density at radius 3 is 2.29 bits per heavy atom. The minimum Gasteiger partial charge on any atom is -0.495 e. The summed E-state index contributed by atoms with van der Waals surface area (Å²) in [5, 5.41) is 4.21. The molecule has 1 unspecified atom stereocenters. The van der Waals surface area contributed by atoms with Crippen molar-refractivity contribution in [2.45, 2.75) is 18.3 Å². The fourth-order valence-electron chi connectivity index (χ4n) is 2.28. The van der Waals surface area contributed by atoms with E-state index >= 15 is 0 Å². The summed E-state index contributed by atoms with van der Waals surface area (Å²) in [5.74, 6) is -0.528. The predicted octanol–water partition coefficient (Wildman–Crippen LogP) is 4.41. The third kappa shape index (κ3) is 5.91. The first kappa shape index (κ1) is 21.6. The minimum absolute atomic E-state index is 0.0481. The molecule has 1 atom stereocenters. The Labute approximate surface area is 164 Å². The molecule has 2 aromatic carbocycles. The molecule has 2 aromatic rings. The van der Waals surface area contributed by atoms with Gasteiger partial charge in [-0.15, -0.1) is 11.8 Å². The number of carbonyl (C=O) groups excluding carboxylic acids is 2. The first-order valence-electron chi connectivity index (χ1n) is 8.24. The van der Waals surface area contributed by atoms with Crippen LogP contribution < -0.4 is 15.4 Å². The van der Waals surface area contributed by atoms with Crippen LogP contribution in [-0.4, -0.2) is 29.9 Å².